The Hall–Kier alpha value is -3.63. The minimum absolute atomic E-state index is 0.145. The number of morpholine rings is 1. The van der Waals surface area contributed by atoms with Crippen molar-refractivity contribution in [2.45, 2.75) is 25.4 Å². The first-order valence-electron chi connectivity index (χ1n) is 13.6. The Balaban J connectivity index is 1.34. The molecule has 2 saturated heterocycles. The number of ether oxygens (including phenoxy) is 1. The summed E-state index contributed by atoms with van der Waals surface area (Å²) in [5.41, 5.74) is 1.95. The molecule has 3 aromatic rings. The van der Waals surface area contributed by atoms with E-state index in [4.69, 9.17) is 4.74 Å². The topological polar surface area (TPSA) is 69.7 Å². The molecular weight excluding hydrogens is 519 g/mol. The van der Waals surface area contributed by atoms with Crippen LogP contribution in [0.4, 0.5) is 30.2 Å². The van der Waals surface area contributed by atoms with E-state index >= 15 is 0 Å². The number of hydrogen-bond acceptors (Lipinski definition) is 6. The van der Waals surface area contributed by atoms with Gasteiger partial charge >= 0.3 is 6.18 Å². The van der Waals surface area contributed by atoms with E-state index in [2.05, 4.69) is 25.4 Å². The van der Waals surface area contributed by atoms with Crippen molar-refractivity contribution in [2.75, 3.05) is 68.0 Å². The third-order valence-electron chi connectivity index (χ3n) is 7.57. The van der Waals surface area contributed by atoms with Crippen LogP contribution in [-0.4, -0.2) is 68.3 Å². The summed E-state index contributed by atoms with van der Waals surface area (Å²) in [6.07, 6.45) is -0.522. The molecule has 0 aliphatic carbocycles. The average Bonchev–Trinajstić information content (AvgIpc) is 3.44. The zero-order valence-corrected chi connectivity index (χ0v) is 22.5. The number of carbonyl (C=O) groups excluding carboxylic acids is 1. The number of hydrogen-bond donors (Lipinski definition) is 2. The zero-order chi connectivity index (χ0) is 28.1. The number of rotatable bonds is 8. The first-order chi connectivity index (χ1) is 19.3. The summed E-state index contributed by atoms with van der Waals surface area (Å²) in [5, 5.41) is 6.18. The lowest BCUT2D eigenvalue weighted by Crippen LogP contribution is -2.39. The molecule has 5 rings (SSSR count). The van der Waals surface area contributed by atoms with Crippen molar-refractivity contribution >= 4 is 23.0 Å². The van der Waals surface area contributed by atoms with Crippen molar-refractivity contribution in [2.24, 2.45) is 0 Å². The molecular formula is C30H34F3N5O2. The Morgan fingerprint density at radius 1 is 1.07 bits per heavy atom. The smallest absolute Gasteiger partial charge is 0.382 e. The predicted octanol–water partition coefficient (Wildman–Crippen LogP) is 5.40. The van der Waals surface area contributed by atoms with E-state index in [9.17, 15) is 18.0 Å². The molecule has 1 amide bonds. The molecule has 2 aliphatic heterocycles. The third-order valence-corrected chi connectivity index (χ3v) is 7.57. The fourth-order valence-electron chi connectivity index (χ4n) is 5.53. The van der Waals surface area contributed by atoms with E-state index in [1.807, 2.05) is 6.07 Å². The van der Waals surface area contributed by atoms with Gasteiger partial charge < -0.3 is 20.3 Å². The molecule has 0 saturated carbocycles. The number of nitrogens with zero attached hydrogens (tertiary/aromatic N) is 3. The Morgan fingerprint density at radius 2 is 1.85 bits per heavy atom. The standard InChI is InChI=1S/C30H34F3N5O2/c1-21-7-8-26(36-29(39)22-5-3-2-4-6-22)27(28(21)30(31,32)33)23-9-11-38(20-23)25-17-24(18-34-19-25)35-10-12-37-13-15-40-16-14-37/h2-8,17-19,23,35H,9-16,20H2,1H3,(H,36,39). The molecule has 7 nitrogen and oxygen atoms in total. The number of carbonyl (C=O) groups is 1. The minimum atomic E-state index is -4.55. The summed E-state index contributed by atoms with van der Waals surface area (Å²) < 4.78 is 48.5. The molecule has 3 heterocycles. The predicted molar refractivity (Wildman–Crippen MR) is 150 cm³/mol. The van der Waals surface area contributed by atoms with E-state index in [1.165, 1.54) is 13.0 Å². The van der Waals surface area contributed by atoms with Crippen molar-refractivity contribution in [3.63, 3.8) is 0 Å². The van der Waals surface area contributed by atoms with Crippen molar-refractivity contribution < 1.29 is 22.7 Å². The molecule has 2 aromatic carbocycles. The van der Waals surface area contributed by atoms with Crippen LogP contribution in [0.1, 0.15) is 39.4 Å². The number of alkyl halides is 3. The van der Waals surface area contributed by atoms with Gasteiger partial charge in [0.25, 0.3) is 5.91 Å². The molecule has 1 atom stereocenters. The van der Waals surface area contributed by atoms with Crippen LogP contribution in [0, 0.1) is 6.92 Å². The fourth-order valence-corrected chi connectivity index (χ4v) is 5.53. The maximum atomic E-state index is 14.4. The van der Waals surface area contributed by atoms with Gasteiger partial charge in [0, 0.05) is 56.4 Å². The Kier molecular flexibility index (Phi) is 8.56. The molecule has 2 N–H and O–H groups in total. The second kappa shape index (κ2) is 12.3. The van der Waals surface area contributed by atoms with Gasteiger partial charge in [0.2, 0.25) is 0 Å². The van der Waals surface area contributed by atoms with Gasteiger partial charge in [-0.2, -0.15) is 13.2 Å². The summed E-state index contributed by atoms with van der Waals surface area (Å²) in [5.74, 6) is -0.853. The summed E-state index contributed by atoms with van der Waals surface area (Å²) in [6.45, 7) is 7.44. The van der Waals surface area contributed by atoms with Crippen molar-refractivity contribution in [1.82, 2.24) is 9.88 Å². The van der Waals surface area contributed by atoms with E-state index in [1.54, 1.807) is 48.8 Å². The lowest BCUT2D eigenvalue weighted by atomic mass is 9.88. The van der Waals surface area contributed by atoms with Crippen molar-refractivity contribution in [3.8, 4) is 0 Å². The van der Waals surface area contributed by atoms with Gasteiger partial charge in [-0.25, -0.2) is 0 Å². The summed E-state index contributed by atoms with van der Waals surface area (Å²) in [4.78, 5) is 21.7. The van der Waals surface area contributed by atoms with Gasteiger partial charge in [-0.1, -0.05) is 24.3 Å². The van der Waals surface area contributed by atoms with Crippen LogP contribution in [0.15, 0.2) is 60.9 Å². The normalized spacial score (nSPS) is 18.1. The van der Waals surface area contributed by atoms with Gasteiger partial charge in [-0.3, -0.25) is 14.7 Å². The Bertz CT molecular complexity index is 1310. The highest BCUT2D eigenvalue weighted by atomic mass is 19.4. The van der Waals surface area contributed by atoms with E-state index in [0.29, 0.717) is 25.1 Å². The highest BCUT2D eigenvalue weighted by Gasteiger charge is 2.40. The summed E-state index contributed by atoms with van der Waals surface area (Å²) in [6, 6.07) is 13.5. The van der Waals surface area contributed by atoms with E-state index in [-0.39, 0.29) is 16.8 Å². The van der Waals surface area contributed by atoms with Gasteiger partial charge in [-0.05, 0) is 48.7 Å². The zero-order valence-electron chi connectivity index (χ0n) is 22.5. The number of aryl methyl sites for hydroxylation is 1. The number of benzene rings is 2. The number of anilines is 3. The van der Waals surface area contributed by atoms with Crippen molar-refractivity contribution in [3.05, 3.63) is 83.2 Å². The number of nitrogens with one attached hydrogen (secondary N) is 2. The van der Waals surface area contributed by atoms with Crippen LogP contribution in [-0.2, 0) is 10.9 Å². The lowest BCUT2D eigenvalue weighted by molar-refractivity contribution is -0.138. The van der Waals surface area contributed by atoms with Crippen LogP contribution >= 0.6 is 0 Å². The lowest BCUT2D eigenvalue weighted by Gasteiger charge is -2.26. The highest BCUT2D eigenvalue weighted by Crippen LogP contribution is 2.44. The monoisotopic (exact) mass is 553 g/mol. The Morgan fingerprint density at radius 3 is 2.60 bits per heavy atom. The number of amides is 1. The van der Waals surface area contributed by atoms with Crippen LogP contribution in [0.3, 0.4) is 0 Å². The molecule has 0 radical (unpaired) electrons. The summed E-state index contributed by atoms with van der Waals surface area (Å²) in [7, 11) is 0. The quantitative estimate of drug-likeness (QED) is 0.390. The molecule has 0 spiro atoms. The molecule has 40 heavy (non-hydrogen) atoms. The molecule has 2 fully saturated rings. The maximum Gasteiger partial charge on any atom is 0.417 e. The number of halogens is 3. The Labute approximate surface area is 232 Å². The first kappa shape index (κ1) is 27.9. The van der Waals surface area contributed by atoms with Crippen LogP contribution < -0.4 is 15.5 Å². The molecule has 1 aromatic heterocycles. The van der Waals surface area contributed by atoms with Gasteiger partial charge in [0.05, 0.1) is 42.5 Å². The molecule has 10 heteroatoms. The second-order valence-electron chi connectivity index (χ2n) is 10.3. The molecule has 212 valence electrons. The molecule has 1 unspecified atom stereocenters. The number of aromatic nitrogens is 1. The van der Waals surface area contributed by atoms with Gasteiger partial charge in [-0.15, -0.1) is 0 Å². The second-order valence-corrected chi connectivity index (χ2v) is 10.3. The summed E-state index contributed by atoms with van der Waals surface area (Å²) >= 11 is 0. The van der Waals surface area contributed by atoms with Crippen LogP contribution in [0.2, 0.25) is 0 Å². The molecule has 0 bridgehead atoms. The SMILES string of the molecule is Cc1ccc(NC(=O)c2ccccc2)c(C2CCN(c3cncc(NCCN4CCOCC4)c3)C2)c1C(F)(F)F. The molecule has 2 aliphatic rings. The largest absolute Gasteiger partial charge is 0.417 e. The van der Waals surface area contributed by atoms with Gasteiger partial charge in [0.1, 0.15) is 0 Å². The minimum Gasteiger partial charge on any atom is -0.382 e. The van der Waals surface area contributed by atoms with E-state index in [0.717, 1.165) is 50.8 Å². The van der Waals surface area contributed by atoms with Gasteiger partial charge in [0.15, 0.2) is 0 Å². The van der Waals surface area contributed by atoms with Crippen molar-refractivity contribution in [1.29, 1.82) is 0 Å². The van der Waals surface area contributed by atoms with Crippen LogP contribution in [0.25, 0.3) is 0 Å². The highest BCUT2D eigenvalue weighted by molar-refractivity contribution is 6.04. The number of pyridine rings is 1. The fraction of sp³-hybridized carbons (Fsp3) is 0.400. The van der Waals surface area contributed by atoms with E-state index < -0.39 is 23.6 Å². The first-order valence-corrected chi connectivity index (χ1v) is 13.6. The average molecular weight is 554 g/mol. The maximum absolute atomic E-state index is 14.4. The third kappa shape index (κ3) is 6.56. The van der Waals surface area contributed by atoms with Crippen LogP contribution in [0.5, 0.6) is 0 Å².